The van der Waals surface area contributed by atoms with E-state index in [1.54, 1.807) is 65.9 Å². The molecule has 3 aromatic carbocycles. The average molecular weight is 456 g/mol. The summed E-state index contributed by atoms with van der Waals surface area (Å²) in [6, 6.07) is 21.9. The summed E-state index contributed by atoms with van der Waals surface area (Å²) in [7, 11) is 0. The number of ether oxygens (including phenoxy) is 1. The highest BCUT2D eigenvalue weighted by Gasteiger charge is 2.17. The van der Waals surface area contributed by atoms with Crippen molar-refractivity contribution in [1.82, 2.24) is 19.3 Å². The van der Waals surface area contributed by atoms with Gasteiger partial charge in [0, 0.05) is 28.7 Å². The minimum atomic E-state index is -0.417. The van der Waals surface area contributed by atoms with E-state index >= 15 is 0 Å². The number of nitrogens with two attached hydrogens (primary N) is 1. The summed E-state index contributed by atoms with van der Waals surface area (Å²) in [5.74, 6) is 0.616. The number of halogens is 1. The Balaban J connectivity index is 1.56. The van der Waals surface area contributed by atoms with Crippen molar-refractivity contribution in [3.8, 4) is 34.0 Å². The van der Waals surface area contributed by atoms with Gasteiger partial charge in [-0.3, -0.25) is 4.79 Å². The molecule has 2 N–H and O–H groups in total. The molecule has 0 radical (unpaired) electrons. The van der Waals surface area contributed by atoms with Crippen LogP contribution < -0.4 is 16.0 Å². The van der Waals surface area contributed by atoms with Gasteiger partial charge in [-0.2, -0.15) is 9.78 Å². The van der Waals surface area contributed by atoms with Crippen LogP contribution in [0.2, 0.25) is 5.02 Å². The Labute approximate surface area is 194 Å². The molecule has 0 unspecified atom stereocenters. The summed E-state index contributed by atoms with van der Waals surface area (Å²) in [4.78, 5) is 17.5. The number of nitrogens with zero attached hydrogens (tertiary/aromatic N) is 4. The number of rotatable bonds is 5. The van der Waals surface area contributed by atoms with Gasteiger partial charge in [-0.15, -0.1) is 0 Å². The molecule has 0 aliphatic heterocycles. The zero-order valence-electron chi connectivity index (χ0n) is 17.3. The van der Waals surface area contributed by atoms with E-state index in [9.17, 15) is 4.79 Å². The summed E-state index contributed by atoms with van der Waals surface area (Å²) < 4.78 is 9.04. The van der Waals surface area contributed by atoms with Crippen LogP contribution in [0, 0.1) is 0 Å². The van der Waals surface area contributed by atoms with E-state index in [0.717, 1.165) is 11.1 Å². The van der Waals surface area contributed by atoms with Gasteiger partial charge in [-0.25, -0.2) is 4.98 Å². The van der Waals surface area contributed by atoms with Crippen molar-refractivity contribution in [1.29, 1.82) is 0 Å². The number of imidazole rings is 1. The molecule has 5 aromatic rings. The highest BCUT2D eigenvalue weighted by Crippen LogP contribution is 2.30. The van der Waals surface area contributed by atoms with Gasteiger partial charge < -0.3 is 15.0 Å². The number of anilines is 1. The van der Waals surface area contributed by atoms with E-state index in [2.05, 4.69) is 10.1 Å². The van der Waals surface area contributed by atoms with Gasteiger partial charge in [0.1, 0.15) is 11.4 Å². The van der Waals surface area contributed by atoms with E-state index in [1.165, 1.54) is 4.68 Å². The molecule has 0 saturated carbocycles. The third-order valence-electron chi connectivity index (χ3n) is 5.11. The zero-order valence-corrected chi connectivity index (χ0v) is 18.1. The Morgan fingerprint density at radius 1 is 0.939 bits per heavy atom. The van der Waals surface area contributed by atoms with Crippen LogP contribution in [-0.2, 0) is 0 Å². The Kier molecular flexibility index (Phi) is 5.38. The number of nitrogen functional groups attached to an aromatic ring is 1. The van der Waals surface area contributed by atoms with Crippen LogP contribution in [0.5, 0.6) is 11.5 Å². The predicted octanol–water partition coefficient (Wildman–Crippen LogP) is 5.11. The molecule has 0 spiro atoms. The highest BCUT2D eigenvalue weighted by atomic mass is 35.5. The summed E-state index contributed by atoms with van der Waals surface area (Å²) in [6.07, 6.45) is 6.48. The van der Waals surface area contributed by atoms with Crippen LogP contribution >= 0.6 is 11.6 Å². The van der Waals surface area contributed by atoms with Crippen molar-refractivity contribution < 1.29 is 4.74 Å². The first-order valence-electron chi connectivity index (χ1n) is 10.1. The molecule has 0 amide bonds. The molecule has 162 valence electrons. The van der Waals surface area contributed by atoms with Crippen molar-refractivity contribution in [3.63, 3.8) is 0 Å². The van der Waals surface area contributed by atoms with Gasteiger partial charge in [-0.05, 0) is 48.0 Å². The van der Waals surface area contributed by atoms with E-state index in [0.29, 0.717) is 27.8 Å². The summed E-state index contributed by atoms with van der Waals surface area (Å²) >= 11 is 5.99. The highest BCUT2D eigenvalue weighted by molar-refractivity contribution is 6.30. The van der Waals surface area contributed by atoms with E-state index in [4.69, 9.17) is 22.1 Å². The van der Waals surface area contributed by atoms with Crippen molar-refractivity contribution >= 4 is 17.3 Å². The topological polar surface area (TPSA) is 88.0 Å². The number of benzene rings is 3. The molecule has 8 heteroatoms. The number of hydrogen-bond donors (Lipinski definition) is 1. The molecule has 33 heavy (non-hydrogen) atoms. The fourth-order valence-corrected chi connectivity index (χ4v) is 3.58. The molecule has 7 nitrogen and oxygen atoms in total. The molecule has 0 saturated heterocycles. The molecule has 0 aliphatic carbocycles. The summed E-state index contributed by atoms with van der Waals surface area (Å²) in [5.41, 5.74) is 9.28. The lowest BCUT2D eigenvalue weighted by molar-refractivity contribution is 0.464. The van der Waals surface area contributed by atoms with Crippen molar-refractivity contribution in [2.75, 3.05) is 5.73 Å². The lowest BCUT2D eigenvalue weighted by Crippen LogP contribution is -2.23. The van der Waals surface area contributed by atoms with E-state index < -0.39 is 5.56 Å². The molecule has 2 aromatic heterocycles. The van der Waals surface area contributed by atoms with Crippen LogP contribution in [0.3, 0.4) is 0 Å². The Hall–Kier alpha value is -4.36. The second-order valence-corrected chi connectivity index (χ2v) is 7.67. The smallest absolute Gasteiger partial charge is 0.316 e. The quantitative estimate of drug-likeness (QED) is 0.372. The van der Waals surface area contributed by atoms with Gasteiger partial charge >= 0.3 is 5.56 Å². The third kappa shape index (κ3) is 4.09. The van der Waals surface area contributed by atoms with Gasteiger partial charge in [0.15, 0.2) is 0 Å². The SMILES string of the molecule is Nc1ccccc1-c1ccc(Oc2c(-n3ccnc3)cnn(-c3ccc(Cl)cc3)c2=O)cc1. The Morgan fingerprint density at radius 3 is 2.39 bits per heavy atom. The second kappa shape index (κ2) is 8.64. The average Bonchev–Trinajstić information content (AvgIpc) is 3.37. The van der Waals surface area contributed by atoms with Crippen LogP contribution in [-0.4, -0.2) is 19.3 Å². The van der Waals surface area contributed by atoms with Crippen molar-refractivity contribution in [2.45, 2.75) is 0 Å². The lowest BCUT2D eigenvalue weighted by Gasteiger charge is -2.14. The molecule has 0 fully saturated rings. The monoisotopic (exact) mass is 455 g/mol. The summed E-state index contributed by atoms with van der Waals surface area (Å²) in [5, 5.41) is 4.89. The van der Waals surface area contributed by atoms with Gasteiger partial charge in [0.2, 0.25) is 5.75 Å². The molecular formula is C25H18ClN5O2. The van der Waals surface area contributed by atoms with Gasteiger partial charge in [-0.1, -0.05) is 41.9 Å². The largest absolute Gasteiger partial charge is 0.449 e. The van der Waals surface area contributed by atoms with Gasteiger partial charge in [0.25, 0.3) is 0 Å². The zero-order chi connectivity index (χ0) is 22.8. The fraction of sp³-hybridized carbons (Fsp3) is 0. The minimum absolute atomic E-state index is 0.116. The Bertz CT molecular complexity index is 1460. The number of aromatic nitrogens is 4. The molecule has 0 bridgehead atoms. The Morgan fingerprint density at radius 2 is 1.70 bits per heavy atom. The van der Waals surface area contributed by atoms with Crippen LogP contribution in [0.15, 0.2) is 103 Å². The van der Waals surface area contributed by atoms with E-state index in [1.807, 2.05) is 36.4 Å². The first kappa shape index (κ1) is 20.5. The summed E-state index contributed by atoms with van der Waals surface area (Å²) in [6.45, 7) is 0. The standard InChI is InChI=1S/C25H18ClN5O2/c26-18-7-9-19(10-8-18)31-25(32)24(23(15-29-31)30-14-13-28-16-30)33-20-11-5-17(6-12-20)21-3-1-2-4-22(21)27/h1-16H,27H2. The first-order chi connectivity index (χ1) is 16.1. The second-order valence-electron chi connectivity index (χ2n) is 7.24. The molecular weight excluding hydrogens is 438 g/mol. The van der Waals surface area contributed by atoms with Gasteiger partial charge in [0.05, 0.1) is 18.2 Å². The van der Waals surface area contributed by atoms with Crippen LogP contribution in [0.25, 0.3) is 22.5 Å². The number of para-hydroxylation sites is 1. The van der Waals surface area contributed by atoms with Crippen LogP contribution in [0.1, 0.15) is 0 Å². The first-order valence-corrected chi connectivity index (χ1v) is 10.5. The fourth-order valence-electron chi connectivity index (χ4n) is 3.46. The maximum absolute atomic E-state index is 13.4. The predicted molar refractivity (Wildman–Crippen MR) is 128 cm³/mol. The lowest BCUT2D eigenvalue weighted by atomic mass is 10.0. The third-order valence-corrected chi connectivity index (χ3v) is 5.37. The maximum Gasteiger partial charge on any atom is 0.316 e. The molecule has 0 atom stereocenters. The van der Waals surface area contributed by atoms with E-state index in [-0.39, 0.29) is 5.75 Å². The van der Waals surface area contributed by atoms with Crippen molar-refractivity contribution in [2.24, 2.45) is 0 Å². The molecule has 0 aliphatic rings. The molecule has 2 heterocycles. The van der Waals surface area contributed by atoms with Crippen LogP contribution in [0.4, 0.5) is 5.69 Å². The molecule has 5 rings (SSSR count). The minimum Gasteiger partial charge on any atom is -0.449 e. The normalized spacial score (nSPS) is 10.8. The number of hydrogen-bond acceptors (Lipinski definition) is 5. The van der Waals surface area contributed by atoms with Crippen molar-refractivity contribution in [3.05, 3.63) is 113 Å². The maximum atomic E-state index is 13.4.